The van der Waals surface area contributed by atoms with E-state index in [0.29, 0.717) is 17.8 Å². The van der Waals surface area contributed by atoms with Crippen LogP contribution in [-0.2, 0) is 16.0 Å². The highest BCUT2D eigenvalue weighted by atomic mass is 19.1. The van der Waals surface area contributed by atoms with Gasteiger partial charge in [0.05, 0.1) is 0 Å². The molecule has 2 aromatic rings. The molecular weight excluding hydrogens is 326 g/mol. The first-order valence-corrected chi connectivity index (χ1v) is 8.03. The highest BCUT2D eigenvalue weighted by Gasteiger charge is 2.09. The quantitative estimate of drug-likeness (QED) is 0.824. The Morgan fingerprint density at radius 3 is 2.44 bits per heavy atom. The van der Waals surface area contributed by atoms with Gasteiger partial charge in [0.1, 0.15) is 11.6 Å². The van der Waals surface area contributed by atoms with Crippen molar-refractivity contribution in [3.8, 4) is 0 Å². The van der Waals surface area contributed by atoms with Crippen molar-refractivity contribution in [1.29, 1.82) is 0 Å². The summed E-state index contributed by atoms with van der Waals surface area (Å²) in [6, 6.07) is 8.50. The van der Waals surface area contributed by atoms with E-state index in [0.717, 1.165) is 11.6 Å². The first-order valence-electron chi connectivity index (χ1n) is 8.03. The minimum atomic E-state index is -0.660. The average molecular weight is 346 g/mol. The molecule has 0 aromatic heterocycles. The molecule has 0 saturated carbocycles. The molecule has 0 saturated heterocycles. The molecule has 0 spiro atoms. The Hall–Kier alpha value is -2.76. The number of rotatable bonds is 6. The molecule has 132 valence electrons. The van der Waals surface area contributed by atoms with Crippen molar-refractivity contribution in [3.05, 3.63) is 59.2 Å². The Bertz CT molecular complexity index is 791. The number of nitrogens with one attached hydrogen (secondary N) is 2. The number of hydrogen-bond donors (Lipinski definition) is 2. The van der Waals surface area contributed by atoms with Gasteiger partial charge in [0, 0.05) is 30.3 Å². The second kappa shape index (κ2) is 8.37. The van der Waals surface area contributed by atoms with Gasteiger partial charge in [0.2, 0.25) is 11.8 Å². The van der Waals surface area contributed by atoms with Crippen LogP contribution in [0, 0.1) is 18.6 Å². The first kappa shape index (κ1) is 18.6. The summed E-state index contributed by atoms with van der Waals surface area (Å²) < 4.78 is 26.4. The Balaban J connectivity index is 1.98. The summed E-state index contributed by atoms with van der Waals surface area (Å²) in [6.45, 7) is 3.61. The van der Waals surface area contributed by atoms with Gasteiger partial charge in [0.25, 0.3) is 0 Å². The molecule has 0 bridgehead atoms. The highest BCUT2D eigenvalue weighted by molar-refractivity contribution is 5.94. The van der Waals surface area contributed by atoms with E-state index in [2.05, 4.69) is 10.6 Å². The van der Waals surface area contributed by atoms with Crippen molar-refractivity contribution in [2.75, 3.05) is 10.6 Å². The van der Waals surface area contributed by atoms with E-state index >= 15 is 0 Å². The molecule has 25 heavy (non-hydrogen) atoms. The van der Waals surface area contributed by atoms with E-state index < -0.39 is 11.6 Å². The molecule has 0 aliphatic carbocycles. The van der Waals surface area contributed by atoms with Crippen LogP contribution < -0.4 is 10.6 Å². The van der Waals surface area contributed by atoms with E-state index in [9.17, 15) is 18.4 Å². The normalized spacial score (nSPS) is 10.4. The van der Waals surface area contributed by atoms with Crippen LogP contribution >= 0.6 is 0 Å². The van der Waals surface area contributed by atoms with E-state index in [1.165, 1.54) is 12.1 Å². The van der Waals surface area contributed by atoms with Crippen LogP contribution in [0.25, 0.3) is 0 Å². The number of anilines is 2. The standard InChI is InChI=1S/C19H20F2N2O2/c1-3-18(24)23-17-11-15(8-4-12(17)2)22-19(25)9-6-13-5-7-14(20)10-16(13)21/h4-5,7-8,10-11H,3,6,9H2,1-2H3,(H,22,25)(H,23,24). The van der Waals surface area contributed by atoms with E-state index in [-0.39, 0.29) is 30.2 Å². The number of aryl methyl sites for hydroxylation is 2. The lowest BCUT2D eigenvalue weighted by molar-refractivity contribution is -0.116. The second-order valence-corrected chi connectivity index (χ2v) is 5.72. The average Bonchev–Trinajstić information content (AvgIpc) is 2.57. The zero-order valence-electron chi connectivity index (χ0n) is 14.2. The second-order valence-electron chi connectivity index (χ2n) is 5.72. The smallest absolute Gasteiger partial charge is 0.224 e. The number of benzene rings is 2. The largest absolute Gasteiger partial charge is 0.326 e. The monoisotopic (exact) mass is 346 g/mol. The van der Waals surface area contributed by atoms with E-state index in [1.807, 2.05) is 6.92 Å². The van der Waals surface area contributed by atoms with Gasteiger partial charge in [0.15, 0.2) is 0 Å². The number of hydrogen-bond acceptors (Lipinski definition) is 2. The van der Waals surface area contributed by atoms with Crippen LogP contribution in [0.1, 0.15) is 30.9 Å². The van der Waals surface area contributed by atoms with Crippen LogP contribution in [0.4, 0.5) is 20.2 Å². The Morgan fingerprint density at radius 1 is 1.00 bits per heavy atom. The number of carbonyl (C=O) groups is 2. The molecule has 0 aliphatic heterocycles. The molecular formula is C19H20F2N2O2. The van der Waals surface area contributed by atoms with Gasteiger partial charge < -0.3 is 10.6 Å². The van der Waals surface area contributed by atoms with Crippen molar-refractivity contribution >= 4 is 23.2 Å². The zero-order valence-corrected chi connectivity index (χ0v) is 14.2. The van der Waals surface area contributed by atoms with Gasteiger partial charge in [-0.3, -0.25) is 9.59 Å². The third-order valence-corrected chi connectivity index (χ3v) is 3.75. The maximum absolute atomic E-state index is 13.6. The number of halogens is 2. The summed E-state index contributed by atoms with van der Waals surface area (Å²) >= 11 is 0. The van der Waals surface area contributed by atoms with Gasteiger partial charge in [-0.05, 0) is 42.7 Å². The molecule has 0 aliphatic rings. The Kier molecular flexibility index (Phi) is 6.22. The Labute approximate surface area is 145 Å². The fraction of sp³-hybridized carbons (Fsp3) is 0.263. The summed E-state index contributed by atoms with van der Waals surface area (Å²) in [5.74, 6) is -1.71. The fourth-order valence-electron chi connectivity index (χ4n) is 2.27. The SMILES string of the molecule is CCC(=O)Nc1cc(NC(=O)CCc2ccc(F)cc2F)ccc1C. The molecule has 2 amide bonds. The van der Waals surface area contributed by atoms with Gasteiger partial charge in [-0.2, -0.15) is 0 Å². The van der Waals surface area contributed by atoms with Crippen molar-refractivity contribution < 1.29 is 18.4 Å². The lowest BCUT2D eigenvalue weighted by Gasteiger charge is -2.11. The maximum Gasteiger partial charge on any atom is 0.224 e. The van der Waals surface area contributed by atoms with Crippen LogP contribution in [0.2, 0.25) is 0 Å². The predicted molar refractivity (Wildman–Crippen MR) is 93.4 cm³/mol. The van der Waals surface area contributed by atoms with Gasteiger partial charge >= 0.3 is 0 Å². The summed E-state index contributed by atoms with van der Waals surface area (Å²) in [4.78, 5) is 23.6. The van der Waals surface area contributed by atoms with Crippen LogP contribution in [0.15, 0.2) is 36.4 Å². The third kappa shape index (κ3) is 5.38. The molecule has 0 fully saturated rings. The lowest BCUT2D eigenvalue weighted by atomic mass is 10.1. The number of amides is 2. The summed E-state index contributed by atoms with van der Waals surface area (Å²) in [5.41, 5.74) is 2.35. The van der Waals surface area contributed by atoms with Crippen molar-refractivity contribution in [2.45, 2.75) is 33.1 Å². The molecule has 0 heterocycles. The van der Waals surface area contributed by atoms with Crippen LogP contribution in [0.3, 0.4) is 0 Å². The van der Waals surface area contributed by atoms with E-state index in [4.69, 9.17) is 0 Å². The van der Waals surface area contributed by atoms with Crippen LogP contribution in [0.5, 0.6) is 0 Å². The minimum absolute atomic E-state index is 0.0626. The lowest BCUT2D eigenvalue weighted by Crippen LogP contribution is -2.14. The highest BCUT2D eigenvalue weighted by Crippen LogP contribution is 2.21. The molecule has 2 N–H and O–H groups in total. The topological polar surface area (TPSA) is 58.2 Å². The van der Waals surface area contributed by atoms with Gasteiger partial charge in [-0.1, -0.05) is 19.1 Å². The van der Waals surface area contributed by atoms with Crippen LogP contribution in [-0.4, -0.2) is 11.8 Å². The minimum Gasteiger partial charge on any atom is -0.326 e. The zero-order chi connectivity index (χ0) is 18.4. The molecule has 2 rings (SSSR count). The predicted octanol–water partition coefficient (Wildman–Crippen LogP) is 4.19. The fourth-order valence-corrected chi connectivity index (χ4v) is 2.27. The molecule has 0 atom stereocenters. The summed E-state index contributed by atoms with van der Waals surface area (Å²) in [7, 11) is 0. The number of carbonyl (C=O) groups excluding carboxylic acids is 2. The van der Waals surface area contributed by atoms with E-state index in [1.54, 1.807) is 25.1 Å². The van der Waals surface area contributed by atoms with Crippen molar-refractivity contribution in [3.63, 3.8) is 0 Å². The molecule has 2 aromatic carbocycles. The third-order valence-electron chi connectivity index (χ3n) is 3.75. The van der Waals surface area contributed by atoms with Crippen molar-refractivity contribution in [1.82, 2.24) is 0 Å². The Morgan fingerprint density at radius 2 is 1.76 bits per heavy atom. The van der Waals surface area contributed by atoms with Gasteiger partial charge in [-0.25, -0.2) is 8.78 Å². The molecule has 0 unspecified atom stereocenters. The maximum atomic E-state index is 13.6. The van der Waals surface area contributed by atoms with Gasteiger partial charge in [-0.15, -0.1) is 0 Å². The molecule has 4 nitrogen and oxygen atoms in total. The summed E-state index contributed by atoms with van der Waals surface area (Å²) in [6.07, 6.45) is 0.593. The first-order chi connectivity index (χ1) is 11.9. The van der Waals surface area contributed by atoms with Crippen molar-refractivity contribution in [2.24, 2.45) is 0 Å². The summed E-state index contributed by atoms with van der Waals surface area (Å²) in [5, 5.41) is 5.48. The molecule has 6 heteroatoms. The molecule has 0 radical (unpaired) electrons.